The van der Waals surface area contributed by atoms with Crippen LogP contribution in [-0.4, -0.2) is 57.8 Å². The molecule has 0 aliphatic carbocycles. The van der Waals surface area contributed by atoms with E-state index in [4.69, 9.17) is 4.99 Å². The van der Waals surface area contributed by atoms with Crippen LogP contribution in [0.5, 0.6) is 0 Å². The molecule has 1 aliphatic heterocycles. The number of guanidine groups is 1. The zero-order chi connectivity index (χ0) is 19.6. The van der Waals surface area contributed by atoms with Gasteiger partial charge in [-0.25, -0.2) is 0 Å². The Morgan fingerprint density at radius 2 is 2.03 bits per heavy atom. The van der Waals surface area contributed by atoms with Gasteiger partial charge in [0, 0.05) is 38.6 Å². The van der Waals surface area contributed by atoms with Gasteiger partial charge in [0.05, 0.1) is 6.54 Å². The maximum absolute atomic E-state index is 4.86. The standard InChI is InChI=1S/C21H33N7.HI/c1-3-20-26-25-17-28(20)14-12-23-21(22-4-2)24-15-19-11-8-13-27(19)16-18-9-6-5-7-10-18;/h5-7,9-10,17,19H,3-4,8,11-16H2,1-2H3,(H2,22,23,24);1H. The number of benzene rings is 1. The van der Waals surface area contributed by atoms with Crippen LogP contribution in [0.25, 0.3) is 0 Å². The fourth-order valence-corrected chi connectivity index (χ4v) is 3.70. The molecular formula is C21H34IN7. The summed E-state index contributed by atoms with van der Waals surface area (Å²) in [4.78, 5) is 7.42. The van der Waals surface area contributed by atoms with E-state index in [9.17, 15) is 0 Å². The van der Waals surface area contributed by atoms with E-state index < -0.39 is 0 Å². The highest BCUT2D eigenvalue weighted by Crippen LogP contribution is 2.20. The van der Waals surface area contributed by atoms with Crippen molar-refractivity contribution in [2.45, 2.75) is 52.2 Å². The number of hydrogen-bond donors (Lipinski definition) is 2. The first-order valence-corrected chi connectivity index (χ1v) is 10.5. The average molecular weight is 511 g/mol. The van der Waals surface area contributed by atoms with Crippen molar-refractivity contribution < 1.29 is 0 Å². The molecular weight excluding hydrogens is 477 g/mol. The molecule has 1 aromatic carbocycles. The number of aliphatic imine (C=N–C) groups is 1. The van der Waals surface area contributed by atoms with Crippen molar-refractivity contribution in [2.75, 3.05) is 26.2 Å². The van der Waals surface area contributed by atoms with E-state index in [0.29, 0.717) is 6.04 Å². The smallest absolute Gasteiger partial charge is 0.191 e. The van der Waals surface area contributed by atoms with E-state index in [1.54, 1.807) is 6.33 Å². The number of halogens is 1. The summed E-state index contributed by atoms with van der Waals surface area (Å²) in [5.74, 6) is 1.91. The van der Waals surface area contributed by atoms with E-state index >= 15 is 0 Å². The van der Waals surface area contributed by atoms with Crippen LogP contribution in [0.4, 0.5) is 0 Å². The molecule has 29 heavy (non-hydrogen) atoms. The largest absolute Gasteiger partial charge is 0.357 e. The Labute approximate surface area is 191 Å². The maximum Gasteiger partial charge on any atom is 0.191 e. The van der Waals surface area contributed by atoms with Crippen LogP contribution in [0.1, 0.15) is 38.1 Å². The van der Waals surface area contributed by atoms with Gasteiger partial charge < -0.3 is 15.2 Å². The molecule has 0 bridgehead atoms. The molecule has 1 aromatic heterocycles. The third-order valence-corrected chi connectivity index (χ3v) is 5.19. The topological polar surface area (TPSA) is 70.4 Å². The lowest BCUT2D eigenvalue weighted by Crippen LogP contribution is -2.40. The lowest BCUT2D eigenvalue weighted by molar-refractivity contribution is 0.250. The normalized spacial score (nSPS) is 17.2. The molecule has 0 amide bonds. The molecule has 8 heteroatoms. The fourth-order valence-electron chi connectivity index (χ4n) is 3.70. The molecule has 3 rings (SSSR count). The minimum absolute atomic E-state index is 0. The quantitative estimate of drug-likeness (QED) is 0.308. The van der Waals surface area contributed by atoms with Gasteiger partial charge in [0.25, 0.3) is 0 Å². The molecule has 0 saturated carbocycles. The van der Waals surface area contributed by atoms with Gasteiger partial charge in [-0.05, 0) is 31.9 Å². The number of hydrogen-bond acceptors (Lipinski definition) is 4. The van der Waals surface area contributed by atoms with E-state index in [-0.39, 0.29) is 24.0 Å². The molecule has 2 N–H and O–H groups in total. The summed E-state index contributed by atoms with van der Waals surface area (Å²) in [6.45, 7) is 9.70. The predicted molar refractivity (Wildman–Crippen MR) is 129 cm³/mol. The number of likely N-dealkylation sites (tertiary alicyclic amines) is 1. The predicted octanol–water partition coefficient (Wildman–Crippen LogP) is 2.68. The Hall–Kier alpha value is -1.68. The Bertz CT molecular complexity index is 732. The van der Waals surface area contributed by atoms with Gasteiger partial charge in [-0.15, -0.1) is 34.2 Å². The minimum atomic E-state index is 0. The first kappa shape index (κ1) is 23.6. The SMILES string of the molecule is CCNC(=NCC1CCCN1Cc1ccccc1)NCCn1cnnc1CC.I. The van der Waals surface area contributed by atoms with Crippen LogP contribution in [0.3, 0.4) is 0 Å². The van der Waals surface area contributed by atoms with E-state index in [2.05, 4.69) is 74.5 Å². The summed E-state index contributed by atoms with van der Waals surface area (Å²) in [6, 6.07) is 11.2. The highest BCUT2D eigenvalue weighted by molar-refractivity contribution is 14.0. The van der Waals surface area contributed by atoms with Gasteiger partial charge in [0.15, 0.2) is 5.96 Å². The van der Waals surface area contributed by atoms with Crippen LogP contribution in [0, 0.1) is 0 Å². The van der Waals surface area contributed by atoms with E-state index in [1.807, 2.05) is 0 Å². The lowest BCUT2D eigenvalue weighted by Gasteiger charge is -2.23. The number of nitrogens with zero attached hydrogens (tertiary/aromatic N) is 5. The highest BCUT2D eigenvalue weighted by atomic mass is 127. The van der Waals surface area contributed by atoms with Gasteiger partial charge in [-0.2, -0.15) is 0 Å². The molecule has 2 heterocycles. The second-order valence-electron chi connectivity index (χ2n) is 7.19. The van der Waals surface area contributed by atoms with E-state index in [1.165, 1.54) is 18.4 Å². The van der Waals surface area contributed by atoms with Crippen molar-refractivity contribution in [2.24, 2.45) is 4.99 Å². The summed E-state index contributed by atoms with van der Waals surface area (Å²) in [7, 11) is 0. The first-order valence-electron chi connectivity index (χ1n) is 10.5. The molecule has 1 unspecified atom stereocenters. The summed E-state index contributed by atoms with van der Waals surface area (Å²) >= 11 is 0. The van der Waals surface area contributed by atoms with Crippen molar-refractivity contribution in [3.8, 4) is 0 Å². The monoisotopic (exact) mass is 511 g/mol. The molecule has 1 aliphatic rings. The molecule has 160 valence electrons. The number of rotatable bonds is 9. The molecule has 1 atom stereocenters. The highest BCUT2D eigenvalue weighted by Gasteiger charge is 2.24. The average Bonchev–Trinajstić information content (AvgIpc) is 3.36. The maximum atomic E-state index is 4.86. The summed E-state index contributed by atoms with van der Waals surface area (Å²) in [6.07, 6.45) is 5.17. The minimum Gasteiger partial charge on any atom is -0.357 e. The zero-order valence-corrected chi connectivity index (χ0v) is 19.9. The molecule has 1 fully saturated rings. The van der Waals surface area contributed by atoms with Crippen LogP contribution in [0.15, 0.2) is 41.7 Å². The Morgan fingerprint density at radius 3 is 2.79 bits per heavy atom. The van der Waals surface area contributed by atoms with Crippen LogP contribution >= 0.6 is 24.0 Å². The first-order chi connectivity index (χ1) is 13.8. The molecule has 1 saturated heterocycles. The number of aryl methyl sites for hydroxylation is 1. The van der Waals surface area contributed by atoms with Crippen LogP contribution < -0.4 is 10.6 Å². The molecule has 0 spiro atoms. The third-order valence-electron chi connectivity index (χ3n) is 5.19. The van der Waals surface area contributed by atoms with Gasteiger partial charge in [-0.3, -0.25) is 9.89 Å². The molecule has 2 aromatic rings. The number of nitrogens with one attached hydrogen (secondary N) is 2. The lowest BCUT2D eigenvalue weighted by atomic mass is 10.2. The van der Waals surface area contributed by atoms with Gasteiger partial charge in [0.1, 0.15) is 12.2 Å². The zero-order valence-electron chi connectivity index (χ0n) is 17.5. The second-order valence-corrected chi connectivity index (χ2v) is 7.19. The van der Waals surface area contributed by atoms with Crippen molar-refractivity contribution in [3.05, 3.63) is 48.0 Å². The van der Waals surface area contributed by atoms with Crippen molar-refractivity contribution in [1.29, 1.82) is 0 Å². The Balaban J connectivity index is 0.00000300. The molecule has 7 nitrogen and oxygen atoms in total. The van der Waals surface area contributed by atoms with Crippen LogP contribution in [-0.2, 0) is 19.5 Å². The third kappa shape index (κ3) is 7.26. The van der Waals surface area contributed by atoms with Crippen molar-refractivity contribution in [3.63, 3.8) is 0 Å². The van der Waals surface area contributed by atoms with Gasteiger partial charge >= 0.3 is 0 Å². The second kappa shape index (κ2) is 12.8. The van der Waals surface area contributed by atoms with Crippen LogP contribution in [0.2, 0.25) is 0 Å². The van der Waals surface area contributed by atoms with Gasteiger partial charge in [0.2, 0.25) is 0 Å². The summed E-state index contributed by atoms with van der Waals surface area (Å²) in [5.41, 5.74) is 1.38. The Morgan fingerprint density at radius 1 is 1.21 bits per heavy atom. The summed E-state index contributed by atoms with van der Waals surface area (Å²) < 4.78 is 2.09. The Kier molecular flexibility index (Phi) is 10.4. The van der Waals surface area contributed by atoms with E-state index in [0.717, 1.165) is 57.5 Å². The fraction of sp³-hybridized carbons (Fsp3) is 0.571. The number of aromatic nitrogens is 3. The van der Waals surface area contributed by atoms with Crippen molar-refractivity contribution in [1.82, 2.24) is 30.3 Å². The van der Waals surface area contributed by atoms with Gasteiger partial charge in [-0.1, -0.05) is 37.3 Å². The molecule has 0 radical (unpaired) electrons. The van der Waals surface area contributed by atoms with Crippen molar-refractivity contribution >= 4 is 29.9 Å². The summed E-state index contributed by atoms with van der Waals surface area (Å²) in [5, 5.41) is 14.9.